The average molecular weight is 271 g/mol. The summed E-state index contributed by atoms with van der Waals surface area (Å²) in [6.45, 7) is 7.71. The molecule has 0 radical (unpaired) electrons. The van der Waals surface area contributed by atoms with E-state index in [-0.39, 0.29) is 11.6 Å². The van der Waals surface area contributed by atoms with Crippen molar-refractivity contribution in [1.82, 2.24) is 9.97 Å². The molecule has 2 unspecified atom stereocenters. The third-order valence-corrected chi connectivity index (χ3v) is 3.65. The number of hydrogen-bond acceptors (Lipinski definition) is 5. The first-order valence-electron chi connectivity index (χ1n) is 6.21. The number of aromatic nitrogens is 2. The fourth-order valence-electron chi connectivity index (χ4n) is 1.97. The first kappa shape index (κ1) is 13.4. The zero-order valence-electron chi connectivity index (χ0n) is 11.0. The summed E-state index contributed by atoms with van der Waals surface area (Å²) >= 11 is 6.13. The topological polar surface area (TPSA) is 59.1 Å². The van der Waals surface area contributed by atoms with E-state index in [0.717, 1.165) is 19.6 Å². The normalized spacial score (nSPS) is 27.2. The third kappa shape index (κ3) is 2.67. The van der Waals surface area contributed by atoms with E-state index in [0.29, 0.717) is 16.8 Å². The Bertz CT molecular complexity index is 429. The van der Waals surface area contributed by atoms with Crippen molar-refractivity contribution in [2.45, 2.75) is 38.8 Å². The van der Waals surface area contributed by atoms with Crippen LogP contribution >= 0.6 is 11.6 Å². The SMILES string of the molecule is CCNc1ncc(Cl)c(NC2(C)CCOC2C)n1. The standard InChI is InChI=1S/C12H19ClN4O/c1-4-14-11-15-7-9(13)10(16-11)17-12(3)5-6-18-8(12)2/h7-8H,4-6H2,1-3H3,(H2,14,15,16,17). The molecule has 1 aliphatic rings. The quantitative estimate of drug-likeness (QED) is 0.881. The van der Waals surface area contributed by atoms with Crippen molar-refractivity contribution in [2.24, 2.45) is 0 Å². The second-order valence-electron chi connectivity index (χ2n) is 4.73. The van der Waals surface area contributed by atoms with Crippen LogP contribution in [0.1, 0.15) is 27.2 Å². The highest BCUT2D eigenvalue weighted by atomic mass is 35.5. The number of nitrogens with zero attached hydrogens (tertiary/aromatic N) is 2. The van der Waals surface area contributed by atoms with Gasteiger partial charge in [-0.25, -0.2) is 4.98 Å². The Morgan fingerprint density at radius 1 is 1.61 bits per heavy atom. The van der Waals surface area contributed by atoms with Gasteiger partial charge < -0.3 is 15.4 Å². The summed E-state index contributed by atoms with van der Waals surface area (Å²) in [5.41, 5.74) is -0.137. The molecule has 1 saturated heterocycles. The molecular weight excluding hydrogens is 252 g/mol. The first-order valence-corrected chi connectivity index (χ1v) is 6.59. The summed E-state index contributed by atoms with van der Waals surface area (Å²) in [6, 6.07) is 0. The van der Waals surface area contributed by atoms with Crippen LogP contribution < -0.4 is 10.6 Å². The van der Waals surface area contributed by atoms with Crippen LogP contribution in [-0.2, 0) is 4.74 Å². The molecule has 0 saturated carbocycles. The first-order chi connectivity index (χ1) is 8.55. The molecule has 0 aromatic carbocycles. The second-order valence-corrected chi connectivity index (χ2v) is 5.13. The van der Waals surface area contributed by atoms with Gasteiger partial charge in [0.2, 0.25) is 5.95 Å². The van der Waals surface area contributed by atoms with Crippen molar-refractivity contribution in [3.63, 3.8) is 0 Å². The van der Waals surface area contributed by atoms with Gasteiger partial charge in [-0.1, -0.05) is 11.6 Å². The van der Waals surface area contributed by atoms with E-state index in [1.165, 1.54) is 0 Å². The van der Waals surface area contributed by atoms with Crippen molar-refractivity contribution >= 4 is 23.4 Å². The zero-order chi connectivity index (χ0) is 13.2. The molecule has 18 heavy (non-hydrogen) atoms. The van der Waals surface area contributed by atoms with Crippen molar-refractivity contribution in [2.75, 3.05) is 23.8 Å². The predicted octanol–water partition coefficient (Wildman–Crippen LogP) is 2.54. The Morgan fingerprint density at radius 2 is 2.39 bits per heavy atom. The van der Waals surface area contributed by atoms with Crippen LogP contribution in [0.2, 0.25) is 5.02 Å². The van der Waals surface area contributed by atoms with Gasteiger partial charge in [0.05, 0.1) is 17.8 Å². The van der Waals surface area contributed by atoms with Crippen LogP contribution in [-0.4, -0.2) is 34.8 Å². The maximum absolute atomic E-state index is 6.13. The smallest absolute Gasteiger partial charge is 0.224 e. The zero-order valence-corrected chi connectivity index (χ0v) is 11.7. The number of ether oxygens (including phenoxy) is 1. The fraction of sp³-hybridized carbons (Fsp3) is 0.667. The minimum Gasteiger partial charge on any atom is -0.376 e. The van der Waals surface area contributed by atoms with Crippen LogP contribution in [0.25, 0.3) is 0 Å². The van der Waals surface area contributed by atoms with E-state index in [2.05, 4.69) is 34.4 Å². The Hall–Kier alpha value is -1.07. The van der Waals surface area contributed by atoms with Crippen LogP contribution in [0.5, 0.6) is 0 Å². The molecule has 2 heterocycles. The summed E-state index contributed by atoms with van der Waals surface area (Å²) in [6.07, 6.45) is 2.68. The lowest BCUT2D eigenvalue weighted by molar-refractivity contribution is 0.105. The Labute approximate surface area is 112 Å². The lowest BCUT2D eigenvalue weighted by Crippen LogP contribution is -2.41. The minimum atomic E-state index is -0.137. The number of hydrogen-bond donors (Lipinski definition) is 2. The number of nitrogens with one attached hydrogen (secondary N) is 2. The molecule has 1 aliphatic heterocycles. The van der Waals surface area contributed by atoms with Crippen molar-refractivity contribution in [1.29, 1.82) is 0 Å². The van der Waals surface area contributed by atoms with Crippen LogP contribution in [0.3, 0.4) is 0 Å². The van der Waals surface area contributed by atoms with E-state index in [4.69, 9.17) is 16.3 Å². The van der Waals surface area contributed by atoms with E-state index in [9.17, 15) is 0 Å². The third-order valence-electron chi connectivity index (χ3n) is 3.37. The highest BCUT2D eigenvalue weighted by Gasteiger charge is 2.37. The van der Waals surface area contributed by atoms with Gasteiger partial charge >= 0.3 is 0 Å². The van der Waals surface area contributed by atoms with Gasteiger partial charge in [-0.05, 0) is 27.2 Å². The van der Waals surface area contributed by atoms with E-state index >= 15 is 0 Å². The second kappa shape index (κ2) is 5.28. The maximum atomic E-state index is 6.13. The minimum absolute atomic E-state index is 0.131. The molecule has 0 bridgehead atoms. The van der Waals surface area contributed by atoms with Gasteiger partial charge in [-0.2, -0.15) is 4.98 Å². The van der Waals surface area contributed by atoms with Gasteiger partial charge in [-0.15, -0.1) is 0 Å². The lowest BCUT2D eigenvalue weighted by Gasteiger charge is -2.29. The number of anilines is 2. The molecule has 5 nitrogen and oxygen atoms in total. The van der Waals surface area contributed by atoms with Crippen molar-refractivity contribution < 1.29 is 4.74 Å². The van der Waals surface area contributed by atoms with Crippen LogP contribution in [0.4, 0.5) is 11.8 Å². The van der Waals surface area contributed by atoms with Crippen molar-refractivity contribution in [3.8, 4) is 0 Å². The summed E-state index contributed by atoms with van der Waals surface area (Å²) in [5.74, 6) is 1.24. The van der Waals surface area contributed by atoms with Crippen LogP contribution in [0, 0.1) is 0 Å². The van der Waals surface area contributed by atoms with Gasteiger partial charge in [0, 0.05) is 13.2 Å². The number of halogens is 1. The molecule has 1 fully saturated rings. The largest absolute Gasteiger partial charge is 0.376 e. The molecule has 2 N–H and O–H groups in total. The molecule has 1 aromatic heterocycles. The monoisotopic (exact) mass is 270 g/mol. The highest BCUT2D eigenvalue weighted by molar-refractivity contribution is 6.32. The molecule has 2 rings (SSSR count). The van der Waals surface area contributed by atoms with Crippen LogP contribution in [0.15, 0.2) is 6.20 Å². The summed E-state index contributed by atoms with van der Waals surface area (Å²) in [7, 11) is 0. The Morgan fingerprint density at radius 3 is 3.00 bits per heavy atom. The molecular formula is C12H19ClN4O. The molecule has 2 atom stereocenters. The maximum Gasteiger partial charge on any atom is 0.224 e. The van der Waals surface area contributed by atoms with Gasteiger partial charge in [0.15, 0.2) is 5.82 Å². The molecule has 0 amide bonds. The lowest BCUT2D eigenvalue weighted by atomic mass is 9.95. The molecule has 0 spiro atoms. The van der Waals surface area contributed by atoms with E-state index < -0.39 is 0 Å². The molecule has 1 aromatic rings. The molecule has 100 valence electrons. The van der Waals surface area contributed by atoms with Crippen molar-refractivity contribution in [3.05, 3.63) is 11.2 Å². The molecule has 0 aliphatic carbocycles. The summed E-state index contributed by atoms with van der Waals surface area (Å²) < 4.78 is 5.59. The van der Waals surface area contributed by atoms with E-state index in [1.54, 1.807) is 6.20 Å². The average Bonchev–Trinajstić information content (AvgIpc) is 2.64. The predicted molar refractivity (Wildman–Crippen MR) is 73.3 cm³/mol. The summed E-state index contributed by atoms with van der Waals surface area (Å²) in [4.78, 5) is 8.50. The highest BCUT2D eigenvalue weighted by Crippen LogP contribution is 2.31. The van der Waals surface area contributed by atoms with Gasteiger partial charge in [-0.3, -0.25) is 0 Å². The Kier molecular flexibility index (Phi) is 3.92. The molecule has 6 heteroatoms. The Balaban J connectivity index is 2.19. The van der Waals surface area contributed by atoms with Gasteiger partial charge in [0.1, 0.15) is 5.02 Å². The number of rotatable bonds is 4. The summed E-state index contributed by atoms with van der Waals surface area (Å²) in [5, 5.41) is 6.98. The van der Waals surface area contributed by atoms with Gasteiger partial charge in [0.25, 0.3) is 0 Å². The van der Waals surface area contributed by atoms with E-state index in [1.807, 2.05) is 6.92 Å². The fourth-order valence-corrected chi connectivity index (χ4v) is 2.11.